The standard InChI is InChI=1S/C27H46O/c1-23(2)12-7-13-24(3)21(23)11-15-26(5)22(24)10-9-19-20-8-6-14-27(20,18-28)17-16-25(19,26)4/h19-22,28H,6-18H2,1-5H3/t19?,20?,21?,22?,24-,25+,26+,27+/m0/s1. The third kappa shape index (κ3) is 2.24. The van der Waals surface area contributed by atoms with Crippen LogP contribution in [0.4, 0.5) is 0 Å². The van der Waals surface area contributed by atoms with Crippen LogP contribution in [0.15, 0.2) is 0 Å². The molecule has 0 saturated heterocycles. The van der Waals surface area contributed by atoms with E-state index in [0.717, 1.165) is 23.7 Å². The maximum absolute atomic E-state index is 10.4. The van der Waals surface area contributed by atoms with Crippen molar-refractivity contribution in [3.63, 3.8) is 0 Å². The van der Waals surface area contributed by atoms with Crippen molar-refractivity contribution in [2.75, 3.05) is 6.61 Å². The summed E-state index contributed by atoms with van der Waals surface area (Å²) in [5, 5.41) is 10.4. The van der Waals surface area contributed by atoms with E-state index in [1.165, 1.54) is 77.0 Å². The highest BCUT2D eigenvalue weighted by Crippen LogP contribution is 2.76. The summed E-state index contributed by atoms with van der Waals surface area (Å²) in [6.45, 7) is 13.8. The van der Waals surface area contributed by atoms with Crippen LogP contribution in [-0.2, 0) is 0 Å². The smallest absolute Gasteiger partial charge is 0.0490 e. The summed E-state index contributed by atoms with van der Waals surface area (Å²) in [7, 11) is 0. The number of aliphatic hydroxyl groups excluding tert-OH is 1. The zero-order valence-electron chi connectivity index (χ0n) is 19.4. The molecule has 0 aromatic carbocycles. The molecule has 5 fully saturated rings. The Morgan fingerprint density at radius 3 is 2.18 bits per heavy atom. The lowest BCUT2D eigenvalue weighted by atomic mass is 9.32. The maximum Gasteiger partial charge on any atom is 0.0490 e. The number of fused-ring (bicyclic) bond motifs is 7. The Hall–Kier alpha value is -0.0400. The molecule has 4 unspecified atom stereocenters. The fourth-order valence-corrected chi connectivity index (χ4v) is 11.1. The third-order valence-electron chi connectivity index (χ3n) is 12.6. The first-order valence-corrected chi connectivity index (χ1v) is 12.7. The van der Waals surface area contributed by atoms with E-state index in [9.17, 15) is 5.11 Å². The highest BCUT2D eigenvalue weighted by atomic mass is 16.3. The van der Waals surface area contributed by atoms with Crippen LogP contribution in [0.1, 0.15) is 112 Å². The van der Waals surface area contributed by atoms with E-state index >= 15 is 0 Å². The molecule has 8 atom stereocenters. The predicted molar refractivity (Wildman–Crippen MR) is 117 cm³/mol. The summed E-state index contributed by atoms with van der Waals surface area (Å²) in [6, 6.07) is 0. The Morgan fingerprint density at radius 1 is 0.643 bits per heavy atom. The molecule has 1 N–H and O–H groups in total. The Balaban J connectivity index is 1.53. The van der Waals surface area contributed by atoms with E-state index in [1.54, 1.807) is 0 Å². The van der Waals surface area contributed by atoms with Gasteiger partial charge in [-0.1, -0.05) is 47.5 Å². The SMILES string of the molecule is CC1(C)CCC[C@@]2(C)C1CC[C@]1(C)C2CCC2C3CCC[C@]3(CO)CC[C@]21C. The molecule has 0 spiro atoms. The van der Waals surface area contributed by atoms with Crippen molar-refractivity contribution in [2.24, 2.45) is 50.7 Å². The molecule has 0 bridgehead atoms. The van der Waals surface area contributed by atoms with Crippen LogP contribution < -0.4 is 0 Å². The first-order valence-electron chi connectivity index (χ1n) is 12.7. The molecular formula is C27H46O. The van der Waals surface area contributed by atoms with Gasteiger partial charge in [0.1, 0.15) is 0 Å². The van der Waals surface area contributed by atoms with Crippen LogP contribution in [0.3, 0.4) is 0 Å². The highest BCUT2D eigenvalue weighted by molar-refractivity contribution is 5.17. The lowest BCUT2D eigenvalue weighted by Gasteiger charge is -2.72. The van der Waals surface area contributed by atoms with Gasteiger partial charge in [-0.2, -0.15) is 0 Å². The van der Waals surface area contributed by atoms with Gasteiger partial charge in [-0.25, -0.2) is 0 Å². The van der Waals surface area contributed by atoms with Crippen molar-refractivity contribution in [1.82, 2.24) is 0 Å². The van der Waals surface area contributed by atoms with Crippen LogP contribution in [0.2, 0.25) is 0 Å². The molecule has 0 aromatic rings. The zero-order valence-corrected chi connectivity index (χ0v) is 19.4. The van der Waals surface area contributed by atoms with Crippen molar-refractivity contribution in [1.29, 1.82) is 0 Å². The van der Waals surface area contributed by atoms with Gasteiger partial charge < -0.3 is 5.11 Å². The monoisotopic (exact) mass is 386 g/mol. The molecule has 0 heterocycles. The lowest BCUT2D eigenvalue weighted by molar-refractivity contribution is -0.236. The van der Waals surface area contributed by atoms with E-state index in [-0.39, 0.29) is 0 Å². The molecule has 0 aromatic heterocycles. The van der Waals surface area contributed by atoms with Crippen LogP contribution in [-0.4, -0.2) is 11.7 Å². The average molecular weight is 387 g/mol. The lowest BCUT2D eigenvalue weighted by Crippen LogP contribution is -2.65. The molecule has 5 saturated carbocycles. The number of hydrogen-bond donors (Lipinski definition) is 1. The van der Waals surface area contributed by atoms with Crippen LogP contribution in [0.25, 0.3) is 0 Å². The predicted octanol–water partition coefficient (Wildman–Crippen LogP) is 7.22. The van der Waals surface area contributed by atoms with Crippen molar-refractivity contribution in [3.05, 3.63) is 0 Å². The fourth-order valence-electron chi connectivity index (χ4n) is 11.1. The minimum absolute atomic E-state index is 0.293. The van der Waals surface area contributed by atoms with Crippen molar-refractivity contribution in [2.45, 2.75) is 112 Å². The molecular weight excluding hydrogens is 340 g/mol. The second-order valence-corrected chi connectivity index (χ2v) is 13.5. The van der Waals surface area contributed by atoms with Gasteiger partial charge in [0.05, 0.1) is 0 Å². The Labute approximate surface area is 174 Å². The molecule has 0 aliphatic heterocycles. The normalized spacial score (nSPS) is 57.6. The van der Waals surface area contributed by atoms with Gasteiger partial charge >= 0.3 is 0 Å². The molecule has 160 valence electrons. The van der Waals surface area contributed by atoms with E-state index in [1.807, 2.05) is 0 Å². The quantitative estimate of drug-likeness (QED) is 0.504. The summed E-state index contributed by atoms with van der Waals surface area (Å²) in [5.41, 5.74) is 2.40. The first-order chi connectivity index (χ1) is 13.1. The number of rotatable bonds is 1. The first kappa shape index (κ1) is 19.9. The van der Waals surface area contributed by atoms with Gasteiger partial charge in [0, 0.05) is 6.61 Å². The summed E-state index contributed by atoms with van der Waals surface area (Å²) in [5.74, 6) is 3.53. The summed E-state index contributed by atoms with van der Waals surface area (Å²) >= 11 is 0. The van der Waals surface area contributed by atoms with Crippen molar-refractivity contribution in [3.8, 4) is 0 Å². The molecule has 5 aliphatic rings. The average Bonchev–Trinajstić information content (AvgIpc) is 3.06. The zero-order chi connectivity index (χ0) is 20.0. The molecule has 0 radical (unpaired) electrons. The highest BCUT2D eigenvalue weighted by Gasteiger charge is 2.69. The van der Waals surface area contributed by atoms with Crippen LogP contribution >= 0.6 is 0 Å². The molecule has 0 amide bonds. The van der Waals surface area contributed by atoms with E-state index in [4.69, 9.17) is 0 Å². The summed E-state index contributed by atoms with van der Waals surface area (Å²) in [6.07, 6.45) is 17.0. The minimum atomic E-state index is 0.293. The van der Waals surface area contributed by atoms with Gasteiger partial charge in [0.15, 0.2) is 0 Å². The molecule has 1 heteroatoms. The maximum atomic E-state index is 10.4. The third-order valence-corrected chi connectivity index (χ3v) is 12.6. The van der Waals surface area contributed by atoms with E-state index < -0.39 is 0 Å². The van der Waals surface area contributed by atoms with Gasteiger partial charge in [-0.05, 0) is 115 Å². The summed E-state index contributed by atoms with van der Waals surface area (Å²) < 4.78 is 0. The van der Waals surface area contributed by atoms with Gasteiger partial charge in [-0.3, -0.25) is 0 Å². The van der Waals surface area contributed by atoms with Crippen LogP contribution in [0.5, 0.6) is 0 Å². The van der Waals surface area contributed by atoms with Crippen molar-refractivity contribution < 1.29 is 5.11 Å². The van der Waals surface area contributed by atoms with Crippen LogP contribution in [0, 0.1) is 50.7 Å². The van der Waals surface area contributed by atoms with Crippen molar-refractivity contribution >= 4 is 0 Å². The molecule has 5 aliphatic carbocycles. The van der Waals surface area contributed by atoms with Gasteiger partial charge in [0.2, 0.25) is 0 Å². The summed E-state index contributed by atoms with van der Waals surface area (Å²) in [4.78, 5) is 0. The Bertz CT molecular complexity index is 638. The largest absolute Gasteiger partial charge is 0.396 e. The van der Waals surface area contributed by atoms with Gasteiger partial charge in [0.25, 0.3) is 0 Å². The van der Waals surface area contributed by atoms with E-state index in [2.05, 4.69) is 34.6 Å². The molecule has 28 heavy (non-hydrogen) atoms. The topological polar surface area (TPSA) is 20.2 Å². The number of aliphatic hydroxyl groups is 1. The second-order valence-electron chi connectivity index (χ2n) is 13.5. The fraction of sp³-hybridized carbons (Fsp3) is 1.00. The van der Waals surface area contributed by atoms with Gasteiger partial charge in [-0.15, -0.1) is 0 Å². The van der Waals surface area contributed by atoms with E-state index in [0.29, 0.717) is 33.7 Å². The Morgan fingerprint density at radius 2 is 1.43 bits per heavy atom. The molecule has 1 nitrogen and oxygen atoms in total. The minimum Gasteiger partial charge on any atom is -0.396 e. The second kappa shape index (κ2) is 6.02. The number of hydrogen-bond acceptors (Lipinski definition) is 1. The molecule has 5 rings (SSSR count). The Kier molecular flexibility index (Phi) is 4.27.